The minimum absolute atomic E-state index is 0.0341. The van der Waals surface area contributed by atoms with Gasteiger partial charge in [0.15, 0.2) is 9.84 Å². The van der Waals surface area contributed by atoms with E-state index in [1.54, 1.807) is 0 Å². The van der Waals surface area contributed by atoms with Gasteiger partial charge in [-0.3, -0.25) is 0 Å². The molecule has 1 aliphatic heterocycles. The summed E-state index contributed by atoms with van der Waals surface area (Å²) < 4.78 is 24.9. The molecule has 4 saturated carbocycles. The first-order valence-electron chi connectivity index (χ1n) is 10.5. The van der Waals surface area contributed by atoms with Gasteiger partial charge in [0.05, 0.1) is 11.0 Å². The van der Waals surface area contributed by atoms with Crippen LogP contribution in [0.2, 0.25) is 0 Å². The van der Waals surface area contributed by atoms with E-state index in [-0.39, 0.29) is 28.5 Å². The molecule has 26 heavy (non-hydrogen) atoms. The van der Waals surface area contributed by atoms with Gasteiger partial charge in [0.1, 0.15) is 0 Å². The summed E-state index contributed by atoms with van der Waals surface area (Å²) in [5.41, 5.74) is 0.0341. The number of sulfone groups is 1. The molecule has 0 atom stereocenters. The molecule has 5 nitrogen and oxygen atoms in total. The summed E-state index contributed by atoms with van der Waals surface area (Å²) in [4.78, 5) is 14.7. The van der Waals surface area contributed by atoms with Crippen LogP contribution in [0.3, 0.4) is 0 Å². The second-order valence-electron chi connectivity index (χ2n) is 10.0. The number of hydrogen-bond donors (Lipinski definition) is 1. The smallest absolute Gasteiger partial charge is 0.317 e. The van der Waals surface area contributed by atoms with Gasteiger partial charge in [0.25, 0.3) is 0 Å². The Morgan fingerprint density at radius 1 is 1.04 bits per heavy atom. The molecule has 5 fully saturated rings. The highest BCUT2D eigenvalue weighted by Gasteiger charge is 2.52. The van der Waals surface area contributed by atoms with Crippen molar-refractivity contribution in [3.8, 4) is 0 Å². The monoisotopic (exact) mass is 382 g/mol. The van der Waals surface area contributed by atoms with E-state index in [1.165, 1.54) is 19.3 Å². The number of hydrogen-bond acceptors (Lipinski definition) is 3. The summed E-state index contributed by atoms with van der Waals surface area (Å²) in [6, 6.07) is 0.0478. The van der Waals surface area contributed by atoms with E-state index in [0.29, 0.717) is 25.9 Å². The molecule has 5 aliphatic rings. The maximum Gasteiger partial charge on any atom is 0.317 e. The zero-order valence-corrected chi connectivity index (χ0v) is 17.1. The lowest BCUT2D eigenvalue weighted by atomic mass is 9.53. The molecule has 2 amide bonds. The molecule has 1 heterocycles. The topological polar surface area (TPSA) is 66.5 Å². The third kappa shape index (κ3) is 3.63. The van der Waals surface area contributed by atoms with Crippen LogP contribution >= 0.6 is 0 Å². The second-order valence-corrected chi connectivity index (χ2v) is 12.4. The van der Waals surface area contributed by atoms with Crippen LogP contribution in [0.25, 0.3) is 0 Å². The van der Waals surface area contributed by atoms with E-state index in [1.807, 2.05) is 18.7 Å². The van der Waals surface area contributed by atoms with Crippen LogP contribution in [0.15, 0.2) is 0 Å². The Bertz CT molecular complexity index is 615. The molecule has 0 spiro atoms. The molecule has 0 aromatic carbocycles. The quantitative estimate of drug-likeness (QED) is 0.812. The first kappa shape index (κ1) is 18.6. The van der Waals surface area contributed by atoms with E-state index in [4.69, 9.17) is 0 Å². The maximum absolute atomic E-state index is 12.9. The first-order valence-corrected chi connectivity index (χ1v) is 12.2. The lowest BCUT2D eigenvalue weighted by Gasteiger charge is -2.57. The molecule has 148 valence electrons. The van der Waals surface area contributed by atoms with Gasteiger partial charge in [-0.1, -0.05) is 13.8 Å². The molecule has 0 aromatic heterocycles. The van der Waals surface area contributed by atoms with Crippen molar-refractivity contribution >= 4 is 15.9 Å². The van der Waals surface area contributed by atoms with Crippen molar-refractivity contribution < 1.29 is 13.2 Å². The molecule has 1 saturated heterocycles. The third-order valence-electron chi connectivity index (χ3n) is 7.21. The highest BCUT2D eigenvalue weighted by Crippen LogP contribution is 2.55. The van der Waals surface area contributed by atoms with Crippen molar-refractivity contribution in [2.24, 2.45) is 23.7 Å². The number of carbonyl (C=O) groups is 1. The number of urea groups is 1. The predicted molar refractivity (Wildman–Crippen MR) is 103 cm³/mol. The van der Waals surface area contributed by atoms with Gasteiger partial charge in [-0.05, 0) is 75.0 Å². The summed E-state index contributed by atoms with van der Waals surface area (Å²) in [5.74, 6) is 2.87. The maximum atomic E-state index is 12.9. The minimum atomic E-state index is -3.03. The summed E-state index contributed by atoms with van der Waals surface area (Å²) in [6.45, 7) is 5.04. The standard InChI is InChI=1S/C20H34N2O3S/c1-14(2)13-26(24,25)18-3-5-22(6-4-18)19(23)21-20-10-15-7-16(11-20)9-17(8-15)12-20/h14-18H,3-13H2,1-2H3,(H,21,23). The van der Waals surface area contributed by atoms with Crippen LogP contribution in [0.4, 0.5) is 4.79 Å². The van der Waals surface area contributed by atoms with Gasteiger partial charge in [-0.2, -0.15) is 0 Å². The average Bonchev–Trinajstić information content (AvgIpc) is 2.52. The fraction of sp³-hybridized carbons (Fsp3) is 0.950. The van der Waals surface area contributed by atoms with E-state index < -0.39 is 9.84 Å². The molecule has 1 N–H and O–H groups in total. The number of likely N-dealkylation sites (tertiary alicyclic amines) is 1. The van der Waals surface area contributed by atoms with E-state index >= 15 is 0 Å². The Morgan fingerprint density at radius 3 is 2.00 bits per heavy atom. The van der Waals surface area contributed by atoms with Gasteiger partial charge >= 0.3 is 6.03 Å². The van der Waals surface area contributed by atoms with Gasteiger partial charge in [0.2, 0.25) is 0 Å². The highest BCUT2D eigenvalue weighted by molar-refractivity contribution is 7.92. The van der Waals surface area contributed by atoms with Crippen molar-refractivity contribution in [3.63, 3.8) is 0 Å². The summed E-state index contributed by atoms with van der Waals surface area (Å²) >= 11 is 0. The molecule has 6 heteroatoms. The SMILES string of the molecule is CC(C)CS(=O)(=O)C1CCN(C(=O)NC23CC4CC(CC(C4)C2)C3)CC1. The largest absolute Gasteiger partial charge is 0.333 e. The van der Waals surface area contributed by atoms with E-state index in [0.717, 1.165) is 37.0 Å². The van der Waals surface area contributed by atoms with Crippen molar-refractivity contribution in [2.75, 3.05) is 18.8 Å². The fourth-order valence-electron chi connectivity index (χ4n) is 6.59. The minimum Gasteiger partial charge on any atom is -0.333 e. The van der Waals surface area contributed by atoms with Gasteiger partial charge in [0, 0.05) is 18.6 Å². The number of amides is 2. The Balaban J connectivity index is 1.33. The molecule has 0 aromatic rings. The summed E-state index contributed by atoms with van der Waals surface area (Å²) in [7, 11) is -3.03. The summed E-state index contributed by atoms with van der Waals surface area (Å²) in [5, 5.41) is 3.15. The molecule has 5 rings (SSSR count). The van der Waals surface area contributed by atoms with Crippen molar-refractivity contribution in [1.29, 1.82) is 0 Å². The van der Waals surface area contributed by atoms with Crippen LogP contribution in [-0.2, 0) is 9.84 Å². The molecule has 0 unspecified atom stereocenters. The van der Waals surface area contributed by atoms with Gasteiger partial charge in [-0.25, -0.2) is 13.2 Å². The predicted octanol–water partition coefficient (Wildman–Crippen LogP) is 3.20. The lowest BCUT2D eigenvalue weighted by molar-refractivity contribution is -0.0159. The number of nitrogens with zero attached hydrogens (tertiary/aromatic N) is 1. The van der Waals surface area contributed by atoms with Crippen molar-refractivity contribution in [2.45, 2.75) is 76.0 Å². The summed E-state index contributed by atoms with van der Waals surface area (Å²) in [6.07, 6.45) is 8.75. The number of rotatable bonds is 4. The second kappa shape index (κ2) is 6.68. The molecule has 0 radical (unpaired) electrons. The van der Waals surface area contributed by atoms with Crippen molar-refractivity contribution in [1.82, 2.24) is 10.2 Å². The Labute approximate surface area is 158 Å². The van der Waals surface area contributed by atoms with Crippen LogP contribution < -0.4 is 5.32 Å². The Morgan fingerprint density at radius 2 is 1.54 bits per heavy atom. The van der Waals surface area contributed by atoms with Crippen molar-refractivity contribution in [3.05, 3.63) is 0 Å². The van der Waals surface area contributed by atoms with Crippen LogP contribution in [0, 0.1) is 23.7 Å². The fourth-order valence-corrected chi connectivity index (χ4v) is 8.72. The number of nitrogens with one attached hydrogen (secondary N) is 1. The Hall–Kier alpha value is -0.780. The molecule has 4 aliphatic carbocycles. The normalized spacial score (nSPS) is 37.3. The van der Waals surface area contributed by atoms with E-state index in [2.05, 4.69) is 5.32 Å². The highest BCUT2D eigenvalue weighted by atomic mass is 32.2. The number of piperidine rings is 1. The lowest BCUT2D eigenvalue weighted by Crippen LogP contribution is -2.62. The average molecular weight is 383 g/mol. The molecular weight excluding hydrogens is 348 g/mol. The zero-order chi connectivity index (χ0) is 18.5. The molecule has 4 bridgehead atoms. The van der Waals surface area contributed by atoms with Gasteiger partial charge in [-0.15, -0.1) is 0 Å². The Kier molecular flexibility index (Phi) is 4.77. The number of carbonyl (C=O) groups excluding carboxylic acids is 1. The third-order valence-corrected chi connectivity index (χ3v) is 9.83. The zero-order valence-electron chi connectivity index (χ0n) is 16.2. The first-order chi connectivity index (χ1) is 12.2. The van der Waals surface area contributed by atoms with Crippen LogP contribution in [0.5, 0.6) is 0 Å². The van der Waals surface area contributed by atoms with Gasteiger partial charge < -0.3 is 10.2 Å². The van der Waals surface area contributed by atoms with Crippen LogP contribution in [0.1, 0.15) is 65.2 Å². The van der Waals surface area contributed by atoms with E-state index in [9.17, 15) is 13.2 Å². The molecular formula is C20H34N2O3S. The van der Waals surface area contributed by atoms with Crippen LogP contribution in [-0.4, -0.2) is 49.0 Å².